The highest BCUT2D eigenvalue weighted by Gasteiger charge is 2.20. The first-order chi connectivity index (χ1) is 24.4. The largest absolute Gasteiger partial charge is 0.508 e. The van der Waals surface area contributed by atoms with E-state index < -0.39 is 0 Å². The number of phenols is 2. The molecule has 2 aliphatic rings. The van der Waals surface area contributed by atoms with Gasteiger partial charge in [-0.1, -0.05) is 23.2 Å². The molecule has 4 N–H and O–H groups in total. The van der Waals surface area contributed by atoms with E-state index in [9.17, 15) is 10.2 Å². The number of nitrogens with one attached hydrogen (secondary N) is 2. The van der Waals surface area contributed by atoms with E-state index in [-0.39, 0.29) is 5.75 Å². The first kappa shape index (κ1) is 33.9. The third-order valence-corrected chi connectivity index (χ3v) is 9.76. The lowest BCUT2D eigenvalue weighted by atomic mass is 10.1. The number of fused-ring (bicyclic) bond motifs is 2. The molecule has 4 heterocycles. The van der Waals surface area contributed by atoms with Crippen LogP contribution in [0.3, 0.4) is 0 Å². The van der Waals surface area contributed by atoms with Crippen molar-refractivity contribution < 1.29 is 10.2 Å². The van der Waals surface area contributed by atoms with E-state index >= 15 is 0 Å². The smallest absolute Gasteiger partial charge is 0.124 e. The first-order valence-electron chi connectivity index (χ1n) is 17.1. The van der Waals surface area contributed by atoms with Gasteiger partial charge in [-0.2, -0.15) is 0 Å². The predicted octanol–water partition coefficient (Wildman–Crippen LogP) is 9.87. The molecule has 4 aromatic carbocycles. The van der Waals surface area contributed by atoms with E-state index in [0.29, 0.717) is 15.8 Å². The second-order valence-electron chi connectivity index (χ2n) is 12.9. The maximum atomic E-state index is 11.1. The molecule has 0 spiro atoms. The molecular weight excluding hydrogens is 667 g/mol. The van der Waals surface area contributed by atoms with Crippen molar-refractivity contribution in [3.8, 4) is 11.5 Å². The van der Waals surface area contributed by atoms with E-state index in [2.05, 4.69) is 42.5 Å². The lowest BCUT2D eigenvalue weighted by Gasteiger charge is -2.22. The van der Waals surface area contributed by atoms with Crippen LogP contribution in [0.4, 0.5) is 22.7 Å². The zero-order valence-corrected chi connectivity index (χ0v) is 29.3. The van der Waals surface area contributed by atoms with E-state index in [1.54, 1.807) is 24.5 Å². The molecule has 50 heavy (non-hydrogen) atoms. The Hall–Kier alpha value is -4.60. The number of likely N-dealkylation sites (tertiary alicyclic amines) is 2. The topological polar surface area (TPSA) is 96.8 Å². The average molecular weight is 708 g/mol. The molecule has 0 saturated carbocycles. The number of rotatable bonds is 8. The summed E-state index contributed by atoms with van der Waals surface area (Å²) in [4.78, 5) is 13.6. The summed E-state index contributed by atoms with van der Waals surface area (Å²) in [6.07, 6.45) is 8.50. The predicted molar refractivity (Wildman–Crippen MR) is 205 cm³/mol. The molecule has 0 atom stereocenters. The van der Waals surface area contributed by atoms with Gasteiger partial charge in [0.2, 0.25) is 0 Å². The Labute approximate surface area is 302 Å². The highest BCUT2D eigenvalue weighted by molar-refractivity contribution is 6.31. The highest BCUT2D eigenvalue weighted by Crippen LogP contribution is 2.34. The minimum Gasteiger partial charge on any atom is -0.508 e. The van der Waals surface area contributed by atoms with Crippen molar-refractivity contribution in [3.05, 3.63) is 118 Å². The van der Waals surface area contributed by atoms with Crippen molar-refractivity contribution in [2.75, 3.05) is 36.8 Å². The molecule has 0 radical (unpaired) electrons. The van der Waals surface area contributed by atoms with Crippen molar-refractivity contribution in [1.29, 1.82) is 0 Å². The van der Waals surface area contributed by atoms with E-state index in [0.717, 1.165) is 95.0 Å². The zero-order valence-electron chi connectivity index (χ0n) is 27.7. The Balaban J connectivity index is 0.000000176. The van der Waals surface area contributed by atoms with Crippen LogP contribution in [0.15, 0.2) is 97.3 Å². The van der Waals surface area contributed by atoms with Gasteiger partial charge in [0.15, 0.2) is 0 Å². The monoisotopic (exact) mass is 706 g/mol. The van der Waals surface area contributed by atoms with E-state index in [1.165, 1.54) is 25.7 Å². The standard InChI is InChI=1S/C25H29ClN4O.C15H11ClN2O/c26-20-5-6-22-23(7-8-27-24(22)15-20)28-21-13-18(16-29-9-1-2-10-29)25(31)19(14-21)17-30-11-3-4-12-30;16-10-1-6-13-14(7-8-17-15(13)9-10)18-11-2-4-12(19)5-3-11/h5-8,13-15,31H,1-4,9-12,16-17H2,(H,27,28);1-9,19H,(H,17,18). The Morgan fingerprint density at radius 1 is 0.560 bits per heavy atom. The van der Waals surface area contributed by atoms with Crippen LogP contribution in [-0.2, 0) is 13.1 Å². The van der Waals surface area contributed by atoms with Crippen molar-refractivity contribution in [1.82, 2.24) is 19.8 Å². The summed E-state index contributed by atoms with van der Waals surface area (Å²) in [5.74, 6) is 0.702. The van der Waals surface area contributed by atoms with Gasteiger partial charge >= 0.3 is 0 Å². The van der Waals surface area contributed by atoms with Crippen molar-refractivity contribution in [3.63, 3.8) is 0 Å². The van der Waals surface area contributed by atoms with Crippen LogP contribution in [0, 0.1) is 0 Å². The summed E-state index contributed by atoms with van der Waals surface area (Å²) < 4.78 is 0. The summed E-state index contributed by atoms with van der Waals surface area (Å²) in [5, 5.41) is 30.6. The van der Waals surface area contributed by atoms with Crippen molar-refractivity contribution in [2.24, 2.45) is 0 Å². The van der Waals surface area contributed by atoms with Gasteiger partial charge in [-0.3, -0.25) is 19.8 Å². The maximum Gasteiger partial charge on any atom is 0.124 e. The van der Waals surface area contributed by atoms with Gasteiger partial charge in [-0.05, 0) is 137 Å². The fourth-order valence-corrected chi connectivity index (χ4v) is 7.09. The van der Waals surface area contributed by atoms with Crippen LogP contribution in [0.5, 0.6) is 11.5 Å². The fourth-order valence-electron chi connectivity index (χ4n) is 6.75. The molecule has 2 aromatic heterocycles. The molecule has 10 heteroatoms. The molecule has 0 amide bonds. The van der Waals surface area contributed by atoms with Crippen LogP contribution < -0.4 is 10.6 Å². The van der Waals surface area contributed by atoms with E-state index in [4.69, 9.17) is 23.2 Å². The molecule has 2 aliphatic heterocycles. The van der Waals surface area contributed by atoms with Crippen LogP contribution in [0.1, 0.15) is 36.8 Å². The molecule has 0 aliphatic carbocycles. The van der Waals surface area contributed by atoms with Gasteiger partial charge in [0, 0.05) is 80.2 Å². The lowest BCUT2D eigenvalue weighted by molar-refractivity contribution is 0.312. The quantitative estimate of drug-likeness (QED) is 0.116. The third-order valence-electron chi connectivity index (χ3n) is 9.29. The molecule has 8 nitrogen and oxygen atoms in total. The number of nitrogens with zero attached hydrogens (tertiary/aromatic N) is 4. The highest BCUT2D eigenvalue weighted by atomic mass is 35.5. The molecule has 256 valence electrons. The second kappa shape index (κ2) is 15.5. The Kier molecular flexibility index (Phi) is 10.5. The van der Waals surface area contributed by atoms with Crippen LogP contribution in [0.25, 0.3) is 21.8 Å². The summed E-state index contributed by atoms with van der Waals surface area (Å²) in [6.45, 7) is 6.01. The minimum atomic E-state index is 0.247. The number of benzene rings is 4. The summed E-state index contributed by atoms with van der Waals surface area (Å²) in [7, 11) is 0. The molecule has 2 saturated heterocycles. The van der Waals surface area contributed by atoms with Crippen LogP contribution in [0.2, 0.25) is 10.0 Å². The average Bonchev–Trinajstić information content (AvgIpc) is 3.83. The minimum absolute atomic E-state index is 0.247. The fraction of sp³-hybridized carbons (Fsp3) is 0.250. The molecular formula is C40H40Cl2N6O2. The summed E-state index contributed by atoms with van der Waals surface area (Å²) in [5.41, 5.74) is 7.56. The van der Waals surface area contributed by atoms with Gasteiger partial charge in [-0.25, -0.2) is 0 Å². The number of anilines is 4. The van der Waals surface area contributed by atoms with Gasteiger partial charge in [-0.15, -0.1) is 0 Å². The third kappa shape index (κ3) is 8.22. The van der Waals surface area contributed by atoms with Gasteiger partial charge < -0.3 is 20.8 Å². The second-order valence-corrected chi connectivity index (χ2v) is 13.8. The number of pyridine rings is 2. The number of aromatic nitrogens is 2. The van der Waals surface area contributed by atoms with Crippen molar-refractivity contribution >= 4 is 67.8 Å². The molecule has 0 unspecified atom stereocenters. The molecule has 0 bridgehead atoms. The summed E-state index contributed by atoms with van der Waals surface area (Å²) in [6, 6.07) is 26.4. The van der Waals surface area contributed by atoms with Crippen molar-refractivity contribution in [2.45, 2.75) is 38.8 Å². The number of aromatic hydroxyl groups is 2. The Bertz CT molecular complexity index is 2060. The lowest BCUT2D eigenvalue weighted by Crippen LogP contribution is -2.20. The Morgan fingerprint density at radius 2 is 1.02 bits per heavy atom. The normalized spacial score (nSPS) is 14.9. The van der Waals surface area contributed by atoms with Gasteiger partial charge in [0.1, 0.15) is 11.5 Å². The molecule has 6 aromatic rings. The molecule has 8 rings (SSSR count). The maximum absolute atomic E-state index is 11.1. The zero-order chi connectivity index (χ0) is 34.5. The number of hydrogen-bond donors (Lipinski definition) is 4. The Morgan fingerprint density at radius 3 is 1.50 bits per heavy atom. The van der Waals surface area contributed by atoms with Crippen LogP contribution in [-0.4, -0.2) is 56.2 Å². The first-order valence-corrected chi connectivity index (χ1v) is 17.8. The summed E-state index contributed by atoms with van der Waals surface area (Å²) >= 11 is 12.1. The number of hydrogen-bond acceptors (Lipinski definition) is 8. The van der Waals surface area contributed by atoms with Gasteiger partial charge in [0.25, 0.3) is 0 Å². The SMILES string of the molecule is Oc1c(CN2CCCC2)cc(Nc2ccnc3cc(Cl)ccc23)cc1CN1CCCC1.Oc1ccc(Nc2ccnc3cc(Cl)ccc23)cc1. The molecule has 2 fully saturated rings. The van der Waals surface area contributed by atoms with Gasteiger partial charge in [0.05, 0.1) is 11.0 Å². The number of phenolic OH excluding ortho intramolecular Hbond substituents is 2. The number of halogens is 2. The van der Waals surface area contributed by atoms with E-state index in [1.807, 2.05) is 60.7 Å². The van der Waals surface area contributed by atoms with Crippen LogP contribution >= 0.6 is 23.2 Å².